The predicted molar refractivity (Wildman–Crippen MR) is 147 cm³/mol. The lowest BCUT2D eigenvalue weighted by molar-refractivity contribution is -0.132. The normalized spacial score (nSPS) is 11.9. The van der Waals surface area contributed by atoms with Crippen molar-refractivity contribution in [1.82, 2.24) is 0 Å². The molecule has 0 radical (unpaired) electrons. The van der Waals surface area contributed by atoms with Crippen molar-refractivity contribution in [2.24, 2.45) is 0 Å². The van der Waals surface area contributed by atoms with Crippen LogP contribution < -0.4 is 15.4 Å². The Balaban J connectivity index is 1.69. The SMILES string of the molecule is CCCCOc1ccc(NC(=O)[C@H](Sc2ccc(NC(=O)/C=C(\C)C(=O)O)cc2)c2ccccc2)cc1. The van der Waals surface area contributed by atoms with Crippen LogP contribution in [0.1, 0.15) is 37.5 Å². The quantitative estimate of drug-likeness (QED) is 0.147. The van der Waals surface area contributed by atoms with E-state index in [1.165, 1.54) is 18.7 Å². The number of anilines is 2. The molecule has 192 valence electrons. The van der Waals surface area contributed by atoms with Crippen LogP contribution >= 0.6 is 11.8 Å². The standard InChI is InChI=1S/C29H30N2O5S/c1-3-4-18-36-24-14-10-23(11-15-24)31-28(33)27(21-8-6-5-7-9-21)37-25-16-12-22(13-17-25)30-26(32)19-20(2)29(34)35/h5-17,19,27H,3-4,18H2,1-2H3,(H,30,32)(H,31,33)(H,34,35)/b20-19+/t27-/m1/s1. The predicted octanol–water partition coefficient (Wildman–Crippen LogP) is 6.31. The van der Waals surface area contributed by atoms with Crippen molar-refractivity contribution in [1.29, 1.82) is 0 Å². The first-order chi connectivity index (χ1) is 17.9. The van der Waals surface area contributed by atoms with E-state index in [1.807, 2.05) is 54.6 Å². The summed E-state index contributed by atoms with van der Waals surface area (Å²) in [5.74, 6) is -1.07. The second-order valence-electron chi connectivity index (χ2n) is 8.27. The van der Waals surface area contributed by atoms with Gasteiger partial charge in [-0.15, -0.1) is 11.8 Å². The first-order valence-electron chi connectivity index (χ1n) is 11.9. The Morgan fingerprint density at radius 2 is 1.54 bits per heavy atom. The molecule has 0 aliphatic heterocycles. The Morgan fingerprint density at radius 1 is 0.919 bits per heavy atom. The van der Waals surface area contributed by atoms with Crippen molar-refractivity contribution in [2.75, 3.05) is 17.2 Å². The number of ether oxygens (including phenoxy) is 1. The van der Waals surface area contributed by atoms with Crippen LogP contribution in [0.4, 0.5) is 11.4 Å². The van der Waals surface area contributed by atoms with E-state index in [0.717, 1.165) is 35.1 Å². The molecule has 0 aliphatic carbocycles. The largest absolute Gasteiger partial charge is 0.494 e. The van der Waals surface area contributed by atoms with Crippen molar-refractivity contribution >= 4 is 40.9 Å². The summed E-state index contributed by atoms with van der Waals surface area (Å²) in [4.78, 5) is 37.0. The fraction of sp³-hybridized carbons (Fsp3) is 0.207. The highest BCUT2D eigenvalue weighted by atomic mass is 32.2. The zero-order valence-electron chi connectivity index (χ0n) is 20.8. The number of nitrogens with one attached hydrogen (secondary N) is 2. The van der Waals surface area contributed by atoms with Crippen LogP contribution in [-0.4, -0.2) is 29.5 Å². The molecule has 0 aliphatic rings. The van der Waals surface area contributed by atoms with Crippen LogP contribution in [0.3, 0.4) is 0 Å². The van der Waals surface area contributed by atoms with Crippen molar-refractivity contribution in [2.45, 2.75) is 36.8 Å². The maximum absolute atomic E-state index is 13.3. The number of carboxylic acid groups (broad SMARTS) is 1. The molecule has 8 heteroatoms. The molecule has 2 amide bonds. The minimum atomic E-state index is -1.15. The maximum Gasteiger partial charge on any atom is 0.331 e. The molecular weight excluding hydrogens is 488 g/mol. The van der Waals surface area contributed by atoms with E-state index in [0.29, 0.717) is 18.0 Å². The second-order valence-corrected chi connectivity index (χ2v) is 9.45. The molecule has 3 aromatic carbocycles. The molecule has 0 fully saturated rings. The topological polar surface area (TPSA) is 105 Å². The molecular formula is C29H30N2O5S. The first kappa shape index (κ1) is 27.5. The number of carbonyl (C=O) groups excluding carboxylic acids is 2. The van der Waals surface area contributed by atoms with E-state index >= 15 is 0 Å². The molecule has 1 atom stereocenters. The van der Waals surface area contributed by atoms with Crippen molar-refractivity contribution in [3.63, 3.8) is 0 Å². The summed E-state index contributed by atoms with van der Waals surface area (Å²) in [6, 6.07) is 23.9. The van der Waals surface area contributed by atoms with Gasteiger partial charge in [-0.3, -0.25) is 9.59 Å². The van der Waals surface area contributed by atoms with Crippen LogP contribution in [0.5, 0.6) is 5.75 Å². The van der Waals surface area contributed by atoms with E-state index in [2.05, 4.69) is 17.6 Å². The zero-order chi connectivity index (χ0) is 26.6. The van der Waals surface area contributed by atoms with Gasteiger partial charge in [0.1, 0.15) is 11.0 Å². The Morgan fingerprint density at radius 3 is 2.16 bits per heavy atom. The molecule has 0 saturated heterocycles. The number of hydrogen-bond acceptors (Lipinski definition) is 5. The number of carbonyl (C=O) groups is 3. The lowest BCUT2D eigenvalue weighted by atomic mass is 10.1. The number of amides is 2. The second kappa shape index (κ2) is 13.9. The molecule has 37 heavy (non-hydrogen) atoms. The average Bonchev–Trinajstić information content (AvgIpc) is 2.89. The van der Waals surface area contributed by atoms with E-state index in [1.54, 1.807) is 24.3 Å². The lowest BCUT2D eigenvalue weighted by Crippen LogP contribution is -2.19. The zero-order valence-corrected chi connectivity index (χ0v) is 21.6. The van der Waals surface area contributed by atoms with Gasteiger partial charge in [-0.25, -0.2) is 4.79 Å². The molecule has 3 rings (SSSR count). The molecule has 0 unspecified atom stereocenters. The molecule has 0 bridgehead atoms. The Bertz CT molecular complexity index is 1230. The number of rotatable bonds is 12. The van der Waals surface area contributed by atoms with Gasteiger partial charge >= 0.3 is 5.97 Å². The highest BCUT2D eigenvalue weighted by Gasteiger charge is 2.22. The number of thioether (sulfide) groups is 1. The minimum Gasteiger partial charge on any atom is -0.494 e. The number of unbranched alkanes of at least 4 members (excludes halogenated alkanes) is 1. The molecule has 3 aromatic rings. The Hall–Kier alpha value is -4.04. The van der Waals surface area contributed by atoms with Gasteiger partial charge in [0.2, 0.25) is 11.8 Å². The fourth-order valence-corrected chi connectivity index (χ4v) is 4.29. The van der Waals surface area contributed by atoms with E-state index in [4.69, 9.17) is 9.84 Å². The molecule has 0 heterocycles. The maximum atomic E-state index is 13.3. The van der Waals surface area contributed by atoms with Gasteiger partial charge in [-0.1, -0.05) is 43.7 Å². The summed E-state index contributed by atoms with van der Waals surface area (Å²) in [6.45, 7) is 4.13. The highest BCUT2D eigenvalue weighted by Crippen LogP contribution is 2.36. The average molecular weight is 519 g/mol. The summed E-state index contributed by atoms with van der Waals surface area (Å²) >= 11 is 1.39. The van der Waals surface area contributed by atoms with Crippen molar-refractivity contribution < 1.29 is 24.2 Å². The monoisotopic (exact) mass is 518 g/mol. The van der Waals surface area contributed by atoms with Crippen LogP contribution in [-0.2, 0) is 14.4 Å². The number of benzene rings is 3. The van der Waals surface area contributed by atoms with Gasteiger partial charge in [0.25, 0.3) is 0 Å². The van der Waals surface area contributed by atoms with Gasteiger partial charge in [0.15, 0.2) is 0 Å². The summed E-state index contributed by atoms with van der Waals surface area (Å²) in [5.41, 5.74) is 2.00. The van der Waals surface area contributed by atoms with Crippen LogP contribution in [0.2, 0.25) is 0 Å². The molecule has 7 nitrogen and oxygen atoms in total. The van der Waals surface area contributed by atoms with Crippen LogP contribution in [0.15, 0.2) is 95.4 Å². The van der Waals surface area contributed by atoms with Crippen molar-refractivity contribution in [3.05, 3.63) is 96.1 Å². The van der Waals surface area contributed by atoms with Gasteiger partial charge in [-0.2, -0.15) is 0 Å². The summed E-state index contributed by atoms with van der Waals surface area (Å²) in [6.07, 6.45) is 3.09. The van der Waals surface area contributed by atoms with E-state index in [9.17, 15) is 14.4 Å². The number of aliphatic carboxylic acids is 1. The van der Waals surface area contributed by atoms with E-state index in [-0.39, 0.29) is 11.5 Å². The van der Waals surface area contributed by atoms with Gasteiger partial charge in [-0.05, 0) is 67.4 Å². The molecule has 0 saturated carbocycles. The first-order valence-corrected chi connectivity index (χ1v) is 12.8. The summed E-state index contributed by atoms with van der Waals surface area (Å²) in [7, 11) is 0. The number of hydrogen-bond donors (Lipinski definition) is 3. The fourth-order valence-electron chi connectivity index (χ4n) is 3.27. The third kappa shape index (κ3) is 8.84. The lowest BCUT2D eigenvalue weighted by Gasteiger charge is -2.17. The highest BCUT2D eigenvalue weighted by molar-refractivity contribution is 8.00. The van der Waals surface area contributed by atoms with Crippen LogP contribution in [0.25, 0.3) is 0 Å². The Kier molecular flexibility index (Phi) is 10.3. The number of carboxylic acids is 1. The third-order valence-corrected chi connectivity index (χ3v) is 6.56. The summed E-state index contributed by atoms with van der Waals surface area (Å²) < 4.78 is 5.69. The Labute approximate surface area is 220 Å². The van der Waals surface area contributed by atoms with Crippen LogP contribution in [0, 0.1) is 0 Å². The van der Waals surface area contributed by atoms with Crippen molar-refractivity contribution in [3.8, 4) is 5.75 Å². The van der Waals surface area contributed by atoms with Gasteiger partial charge in [0, 0.05) is 27.9 Å². The van der Waals surface area contributed by atoms with E-state index < -0.39 is 17.1 Å². The van der Waals surface area contributed by atoms with Gasteiger partial charge < -0.3 is 20.5 Å². The smallest absolute Gasteiger partial charge is 0.331 e. The third-order valence-electron chi connectivity index (χ3n) is 5.29. The minimum absolute atomic E-state index is 0.0555. The molecule has 0 spiro atoms. The summed E-state index contributed by atoms with van der Waals surface area (Å²) in [5, 5.41) is 14.0. The molecule has 3 N–H and O–H groups in total. The van der Waals surface area contributed by atoms with Gasteiger partial charge in [0.05, 0.1) is 6.61 Å². The molecule has 0 aromatic heterocycles.